The molecule has 0 aliphatic rings. The number of hydrogen-bond donors (Lipinski definition) is 1. The first-order valence-electron chi connectivity index (χ1n) is 8.51. The predicted molar refractivity (Wildman–Crippen MR) is 97.2 cm³/mol. The number of aryl methyl sites for hydroxylation is 1. The lowest BCUT2D eigenvalue weighted by molar-refractivity contribution is 0.0948. The van der Waals surface area contributed by atoms with Crippen LogP contribution in [0.1, 0.15) is 16.8 Å². The van der Waals surface area contributed by atoms with Crippen molar-refractivity contribution in [1.82, 2.24) is 15.1 Å². The van der Waals surface area contributed by atoms with E-state index < -0.39 is 17.5 Å². The molecule has 1 aromatic heterocycles. The number of halogens is 3. The molecule has 1 N–H and O–H groups in total. The van der Waals surface area contributed by atoms with Crippen molar-refractivity contribution >= 4 is 5.91 Å². The topological polar surface area (TPSA) is 64.0 Å². The SMILES string of the molecule is O=C(NCCCn1nc(-c2ccc(F)cc2)ccc1=O)c1ccc(F)cc1F. The fraction of sp³-hybridized carbons (Fsp3) is 0.150. The average Bonchev–Trinajstić information content (AvgIpc) is 2.67. The van der Waals surface area contributed by atoms with Gasteiger partial charge in [0.15, 0.2) is 0 Å². The molecule has 8 heteroatoms. The van der Waals surface area contributed by atoms with Gasteiger partial charge in [-0.3, -0.25) is 9.59 Å². The molecule has 0 bridgehead atoms. The van der Waals surface area contributed by atoms with Gasteiger partial charge in [0.05, 0.1) is 11.3 Å². The zero-order valence-electron chi connectivity index (χ0n) is 14.7. The van der Waals surface area contributed by atoms with Crippen molar-refractivity contribution < 1.29 is 18.0 Å². The highest BCUT2D eigenvalue weighted by Gasteiger charge is 2.12. The van der Waals surface area contributed by atoms with Crippen molar-refractivity contribution in [3.05, 3.63) is 88.0 Å². The number of aromatic nitrogens is 2. The molecule has 1 amide bonds. The van der Waals surface area contributed by atoms with Crippen LogP contribution in [0.4, 0.5) is 13.2 Å². The van der Waals surface area contributed by atoms with Gasteiger partial charge in [-0.25, -0.2) is 17.9 Å². The minimum Gasteiger partial charge on any atom is -0.352 e. The smallest absolute Gasteiger partial charge is 0.266 e. The van der Waals surface area contributed by atoms with Crippen LogP contribution in [0, 0.1) is 17.5 Å². The quantitative estimate of drug-likeness (QED) is 0.661. The normalized spacial score (nSPS) is 10.7. The third-order valence-corrected chi connectivity index (χ3v) is 4.01. The Bertz CT molecular complexity index is 1050. The molecule has 5 nitrogen and oxygen atoms in total. The number of hydrogen-bond acceptors (Lipinski definition) is 3. The molecule has 0 radical (unpaired) electrons. The van der Waals surface area contributed by atoms with Crippen molar-refractivity contribution in [2.45, 2.75) is 13.0 Å². The lowest BCUT2D eigenvalue weighted by Gasteiger charge is -2.09. The maximum absolute atomic E-state index is 13.6. The molecule has 144 valence electrons. The van der Waals surface area contributed by atoms with Crippen molar-refractivity contribution in [1.29, 1.82) is 0 Å². The lowest BCUT2D eigenvalue weighted by Crippen LogP contribution is -2.28. The number of carbonyl (C=O) groups excluding carboxylic acids is 1. The summed E-state index contributed by atoms with van der Waals surface area (Å²) >= 11 is 0. The third-order valence-electron chi connectivity index (χ3n) is 4.01. The molecular weight excluding hydrogens is 371 g/mol. The van der Waals surface area contributed by atoms with Crippen LogP contribution >= 0.6 is 0 Å². The zero-order valence-corrected chi connectivity index (χ0v) is 14.7. The van der Waals surface area contributed by atoms with E-state index in [1.807, 2.05) is 0 Å². The molecule has 0 unspecified atom stereocenters. The van der Waals surface area contributed by atoms with Gasteiger partial charge >= 0.3 is 0 Å². The van der Waals surface area contributed by atoms with Gasteiger partial charge < -0.3 is 5.32 Å². The first-order valence-corrected chi connectivity index (χ1v) is 8.51. The van der Waals surface area contributed by atoms with Crippen molar-refractivity contribution in [3.63, 3.8) is 0 Å². The molecule has 1 heterocycles. The summed E-state index contributed by atoms with van der Waals surface area (Å²) in [5, 5.41) is 6.75. The minimum atomic E-state index is -0.942. The number of carbonyl (C=O) groups is 1. The second-order valence-electron chi connectivity index (χ2n) is 6.02. The second-order valence-corrected chi connectivity index (χ2v) is 6.02. The van der Waals surface area contributed by atoms with Crippen LogP contribution in [0.15, 0.2) is 59.4 Å². The average molecular weight is 387 g/mol. The van der Waals surface area contributed by atoms with Crippen LogP contribution in [0.25, 0.3) is 11.3 Å². The summed E-state index contributed by atoms with van der Waals surface area (Å²) in [6.45, 7) is 0.393. The fourth-order valence-corrected chi connectivity index (χ4v) is 2.58. The maximum atomic E-state index is 13.6. The van der Waals surface area contributed by atoms with Gasteiger partial charge in [0.1, 0.15) is 17.5 Å². The van der Waals surface area contributed by atoms with Gasteiger partial charge in [-0.05, 0) is 48.9 Å². The molecule has 3 aromatic rings. The highest BCUT2D eigenvalue weighted by Crippen LogP contribution is 2.15. The highest BCUT2D eigenvalue weighted by molar-refractivity contribution is 5.94. The molecule has 0 fully saturated rings. The third kappa shape index (κ3) is 4.64. The van der Waals surface area contributed by atoms with E-state index in [-0.39, 0.29) is 30.0 Å². The fourth-order valence-electron chi connectivity index (χ4n) is 2.58. The Labute approximate surface area is 158 Å². The van der Waals surface area contributed by atoms with Gasteiger partial charge in [-0.1, -0.05) is 0 Å². The largest absolute Gasteiger partial charge is 0.352 e. The Morgan fingerprint density at radius 1 is 0.964 bits per heavy atom. The van der Waals surface area contributed by atoms with Gasteiger partial charge in [0, 0.05) is 30.8 Å². The molecule has 0 spiro atoms. The van der Waals surface area contributed by atoms with Crippen LogP contribution in [0.5, 0.6) is 0 Å². The first-order chi connectivity index (χ1) is 13.4. The number of nitrogens with one attached hydrogen (secondary N) is 1. The number of benzene rings is 2. The molecule has 0 saturated heterocycles. The van der Waals surface area contributed by atoms with Gasteiger partial charge in [0.2, 0.25) is 0 Å². The van der Waals surface area contributed by atoms with E-state index in [9.17, 15) is 22.8 Å². The van der Waals surface area contributed by atoms with Gasteiger partial charge in [0.25, 0.3) is 11.5 Å². The summed E-state index contributed by atoms with van der Waals surface area (Å²) in [6, 6.07) is 11.3. The Kier molecular flexibility index (Phi) is 5.88. The Balaban J connectivity index is 1.60. The molecule has 0 aliphatic heterocycles. The molecule has 0 atom stereocenters. The van der Waals surface area contributed by atoms with E-state index in [1.54, 1.807) is 18.2 Å². The summed E-state index contributed by atoms with van der Waals surface area (Å²) in [5.74, 6) is -2.74. The van der Waals surface area contributed by atoms with Crippen LogP contribution in [-0.2, 0) is 6.54 Å². The molecule has 28 heavy (non-hydrogen) atoms. The summed E-state index contributed by atoms with van der Waals surface area (Å²) < 4.78 is 40.7. The van der Waals surface area contributed by atoms with E-state index >= 15 is 0 Å². The molecule has 0 aliphatic carbocycles. The summed E-state index contributed by atoms with van der Waals surface area (Å²) in [4.78, 5) is 23.9. The summed E-state index contributed by atoms with van der Waals surface area (Å²) in [5.41, 5.74) is 0.601. The van der Waals surface area contributed by atoms with Crippen LogP contribution in [-0.4, -0.2) is 22.2 Å². The van der Waals surface area contributed by atoms with Gasteiger partial charge in [-0.15, -0.1) is 0 Å². The highest BCUT2D eigenvalue weighted by atomic mass is 19.1. The molecular formula is C20H16F3N3O2. The van der Waals surface area contributed by atoms with E-state index in [4.69, 9.17) is 0 Å². The predicted octanol–water partition coefficient (Wildman–Crippen LogP) is 3.15. The zero-order chi connectivity index (χ0) is 20.1. The second kappa shape index (κ2) is 8.51. The number of nitrogens with zero attached hydrogens (tertiary/aromatic N) is 2. The molecule has 0 saturated carbocycles. The number of amides is 1. The standard InChI is InChI=1S/C20H16F3N3O2/c21-14-4-2-13(3-5-14)18-8-9-19(27)26(25-18)11-1-10-24-20(28)16-7-6-15(22)12-17(16)23/h2-9,12H,1,10-11H2,(H,24,28). The van der Waals surface area contributed by atoms with Crippen LogP contribution < -0.4 is 10.9 Å². The van der Waals surface area contributed by atoms with Crippen LogP contribution in [0.3, 0.4) is 0 Å². The minimum absolute atomic E-state index is 0.171. The van der Waals surface area contributed by atoms with E-state index in [2.05, 4.69) is 10.4 Å². The maximum Gasteiger partial charge on any atom is 0.266 e. The van der Waals surface area contributed by atoms with E-state index in [0.29, 0.717) is 23.7 Å². The lowest BCUT2D eigenvalue weighted by atomic mass is 10.1. The van der Waals surface area contributed by atoms with E-state index in [0.717, 1.165) is 12.1 Å². The monoisotopic (exact) mass is 387 g/mol. The summed E-state index contributed by atoms with van der Waals surface area (Å²) in [7, 11) is 0. The Hall–Kier alpha value is -3.42. The summed E-state index contributed by atoms with van der Waals surface area (Å²) in [6.07, 6.45) is 0.369. The Morgan fingerprint density at radius 2 is 1.68 bits per heavy atom. The van der Waals surface area contributed by atoms with Crippen molar-refractivity contribution in [2.75, 3.05) is 6.54 Å². The van der Waals surface area contributed by atoms with Crippen molar-refractivity contribution in [2.24, 2.45) is 0 Å². The van der Waals surface area contributed by atoms with Crippen molar-refractivity contribution in [3.8, 4) is 11.3 Å². The van der Waals surface area contributed by atoms with Gasteiger partial charge in [-0.2, -0.15) is 5.10 Å². The first kappa shape index (κ1) is 19.3. The van der Waals surface area contributed by atoms with E-state index in [1.165, 1.54) is 22.9 Å². The van der Waals surface area contributed by atoms with Crippen LogP contribution in [0.2, 0.25) is 0 Å². The Morgan fingerprint density at radius 3 is 2.39 bits per heavy atom. The molecule has 3 rings (SSSR count). The molecule has 2 aromatic carbocycles. The number of rotatable bonds is 6.